The molecule has 2 aromatic carbocycles. The van der Waals surface area contributed by atoms with E-state index in [-0.39, 0.29) is 12.0 Å². The molecule has 0 amide bonds. The molecule has 2 heterocycles. The number of anilines is 1. The van der Waals surface area contributed by atoms with Gasteiger partial charge in [0.05, 0.1) is 19.3 Å². The minimum Gasteiger partial charge on any atom is -0.350 e. The molecule has 122 valence electrons. The van der Waals surface area contributed by atoms with Gasteiger partial charge in [-0.1, -0.05) is 35.5 Å². The third kappa shape index (κ3) is 3.00. The van der Waals surface area contributed by atoms with E-state index in [9.17, 15) is 4.39 Å². The summed E-state index contributed by atoms with van der Waals surface area (Å²) >= 11 is 0. The maximum absolute atomic E-state index is 13.1. The number of ether oxygens (including phenoxy) is 1. The van der Waals surface area contributed by atoms with E-state index in [1.165, 1.54) is 12.1 Å². The Morgan fingerprint density at radius 1 is 1.08 bits per heavy atom. The summed E-state index contributed by atoms with van der Waals surface area (Å²) in [6.07, 6.45) is 1.61. The van der Waals surface area contributed by atoms with E-state index in [0.29, 0.717) is 13.2 Å². The summed E-state index contributed by atoms with van der Waals surface area (Å²) in [7, 11) is 0. The van der Waals surface area contributed by atoms with Gasteiger partial charge < -0.3 is 9.64 Å². The van der Waals surface area contributed by atoms with Crippen molar-refractivity contribution < 1.29 is 9.13 Å². The quantitative estimate of drug-likeness (QED) is 0.740. The summed E-state index contributed by atoms with van der Waals surface area (Å²) in [5.41, 5.74) is 2.83. The predicted molar refractivity (Wildman–Crippen MR) is 88.0 cm³/mol. The number of nitrogens with zero attached hydrogens (tertiary/aromatic N) is 4. The molecular weight excluding hydrogens is 307 g/mol. The van der Waals surface area contributed by atoms with E-state index < -0.39 is 0 Å². The van der Waals surface area contributed by atoms with Crippen molar-refractivity contribution in [2.75, 3.05) is 18.1 Å². The molecule has 0 aliphatic carbocycles. The van der Waals surface area contributed by atoms with E-state index in [2.05, 4.69) is 27.3 Å². The summed E-state index contributed by atoms with van der Waals surface area (Å²) in [6.45, 7) is 2.01. The number of aromatic nitrogens is 3. The SMILES string of the molecule is Fc1ccc(N2CCOC2c2cn(Cc3ccccc3)nn2)cc1. The maximum Gasteiger partial charge on any atom is 0.177 e. The Morgan fingerprint density at radius 2 is 1.88 bits per heavy atom. The van der Waals surface area contributed by atoms with E-state index >= 15 is 0 Å². The van der Waals surface area contributed by atoms with Crippen molar-refractivity contribution in [2.45, 2.75) is 12.8 Å². The topological polar surface area (TPSA) is 43.2 Å². The molecule has 4 rings (SSSR count). The average Bonchev–Trinajstić information content (AvgIpc) is 3.25. The van der Waals surface area contributed by atoms with Crippen LogP contribution in [0.3, 0.4) is 0 Å². The monoisotopic (exact) mass is 324 g/mol. The van der Waals surface area contributed by atoms with Crippen molar-refractivity contribution >= 4 is 5.69 Å². The largest absolute Gasteiger partial charge is 0.350 e. The van der Waals surface area contributed by atoms with Crippen molar-refractivity contribution in [1.29, 1.82) is 0 Å². The van der Waals surface area contributed by atoms with Gasteiger partial charge in [-0.15, -0.1) is 5.10 Å². The third-order valence-electron chi connectivity index (χ3n) is 4.05. The van der Waals surface area contributed by atoms with Crippen molar-refractivity contribution in [1.82, 2.24) is 15.0 Å². The maximum atomic E-state index is 13.1. The molecule has 0 N–H and O–H groups in total. The van der Waals surface area contributed by atoms with E-state index in [1.54, 1.807) is 16.8 Å². The highest BCUT2D eigenvalue weighted by Gasteiger charge is 2.29. The van der Waals surface area contributed by atoms with Crippen LogP contribution >= 0.6 is 0 Å². The molecule has 1 atom stereocenters. The Hall–Kier alpha value is -2.73. The Balaban J connectivity index is 1.53. The van der Waals surface area contributed by atoms with Gasteiger partial charge in [0, 0.05) is 12.2 Å². The lowest BCUT2D eigenvalue weighted by Crippen LogP contribution is -2.23. The van der Waals surface area contributed by atoms with Gasteiger partial charge in [0.15, 0.2) is 6.23 Å². The fourth-order valence-electron chi connectivity index (χ4n) is 2.89. The molecule has 1 unspecified atom stereocenters. The van der Waals surface area contributed by atoms with Crippen LogP contribution in [0.25, 0.3) is 0 Å². The Labute approximate surface area is 139 Å². The molecular formula is C18H17FN4O. The molecule has 6 heteroatoms. The molecule has 0 bridgehead atoms. The van der Waals surface area contributed by atoms with E-state index in [4.69, 9.17) is 4.74 Å². The van der Waals surface area contributed by atoms with Gasteiger partial charge in [-0.2, -0.15) is 0 Å². The third-order valence-corrected chi connectivity index (χ3v) is 4.05. The molecule has 1 fully saturated rings. The number of rotatable bonds is 4. The Kier molecular flexibility index (Phi) is 3.96. The fraction of sp³-hybridized carbons (Fsp3) is 0.222. The van der Waals surface area contributed by atoms with Crippen LogP contribution in [-0.4, -0.2) is 28.1 Å². The van der Waals surface area contributed by atoms with Crippen LogP contribution in [0.4, 0.5) is 10.1 Å². The summed E-state index contributed by atoms with van der Waals surface area (Å²) in [6, 6.07) is 16.5. The summed E-state index contributed by atoms with van der Waals surface area (Å²) in [5.74, 6) is -0.246. The normalized spacial score (nSPS) is 17.4. The van der Waals surface area contributed by atoms with Crippen LogP contribution in [0, 0.1) is 5.82 Å². The van der Waals surface area contributed by atoms with Crippen LogP contribution in [0.5, 0.6) is 0 Å². The molecule has 1 aromatic heterocycles. The standard InChI is InChI=1S/C18H17FN4O/c19-15-6-8-16(9-7-15)23-10-11-24-18(23)17-13-22(21-20-17)12-14-4-2-1-3-5-14/h1-9,13,18H,10-12H2. The zero-order valence-corrected chi connectivity index (χ0v) is 13.0. The van der Waals surface area contributed by atoms with Gasteiger partial charge in [0.1, 0.15) is 11.5 Å². The van der Waals surface area contributed by atoms with Gasteiger partial charge in [-0.25, -0.2) is 9.07 Å². The van der Waals surface area contributed by atoms with Gasteiger partial charge in [-0.05, 0) is 29.8 Å². The molecule has 1 saturated heterocycles. The lowest BCUT2D eigenvalue weighted by molar-refractivity contribution is 0.110. The minimum absolute atomic E-state index is 0.246. The molecule has 24 heavy (non-hydrogen) atoms. The van der Waals surface area contributed by atoms with Crippen molar-refractivity contribution in [3.05, 3.63) is 77.9 Å². The second kappa shape index (κ2) is 6.41. The first-order valence-corrected chi connectivity index (χ1v) is 7.87. The van der Waals surface area contributed by atoms with Crippen molar-refractivity contribution in [3.8, 4) is 0 Å². The fourth-order valence-corrected chi connectivity index (χ4v) is 2.89. The highest BCUT2D eigenvalue weighted by Crippen LogP contribution is 2.31. The summed E-state index contributed by atoms with van der Waals surface area (Å²) in [5, 5.41) is 8.46. The predicted octanol–water partition coefficient (Wildman–Crippen LogP) is 3.00. The summed E-state index contributed by atoms with van der Waals surface area (Å²) < 4.78 is 20.7. The molecule has 1 aliphatic rings. The van der Waals surface area contributed by atoms with Crippen molar-refractivity contribution in [2.24, 2.45) is 0 Å². The molecule has 3 aromatic rings. The molecule has 0 radical (unpaired) electrons. The van der Waals surface area contributed by atoms with Crippen molar-refractivity contribution in [3.63, 3.8) is 0 Å². The van der Waals surface area contributed by atoms with Crippen LogP contribution in [-0.2, 0) is 11.3 Å². The van der Waals surface area contributed by atoms with Crippen LogP contribution < -0.4 is 4.90 Å². The van der Waals surface area contributed by atoms with Crippen LogP contribution in [0.1, 0.15) is 17.5 Å². The van der Waals surface area contributed by atoms with Gasteiger partial charge >= 0.3 is 0 Å². The van der Waals surface area contributed by atoms with E-state index in [1.807, 2.05) is 24.4 Å². The lowest BCUT2D eigenvalue weighted by Gasteiger charge is -2.23. The number of hydrogen-bond donors (Lipinski definition) is 0. The second-order valence-electron chi connectivity index (χ2n) is 5.72. The molecule has 0 spiro atoms. The van der Waals surface area contributed by atoms with Crippen LogP contribution in [0.15, 0.2) is 60.8 Å². The van der Waals surface area contributed by atoms with Gasteiger partial charge in [-0.3, -0.25) is 0 Å². The first kappa shape index (κ1) is 14.8. The number of benzene rings is 2. The summed E-state index contributed by atoms with van der Waals surface area (Å²) in [4.78, 5) is 2.07. The Bertz CT molecular complexity index is 803. The van der Waals surface area contributed by atoms with Crippen LogP contribution in [0.2, 0.25) is 0 Å². The minimum atomic E-state index is -0.292. The molecule has 5 nitrogen and oxygen atoms in total. The number of hydrogen-bond acceptors (Lipinski definition) is 4. The highest BCUT2D eigenvalue weighted by molar-refractivity contribution is 5.48. The average molecular weight is 324 g/mol. The van der Waals surface area contributed by atoms with Gasteiger partial charge in [0.2, 0.25) is 0 Å². The lowest BCUT2D eigenvalue weighted by atomic mass is 10.2. The second-order valence-corrected chi connectivity index (χ2v) is 5.72. The highest BCUT2D eigenvalue weighted by atomic mass is 19.1. The molecule has 1 aliphatic heterocycles. The number of halogens is 1. The first-order chi connectivity index (χ1) is 11.8. The zero-order chi connectivity index (χ0) is 16.4. The molecule has 0 saturated carbocycles. The zero-order valence-electron chi connectivity index (χ0n) is 13.0. The van der Waals surface area contributed by atoms with Gasteiger partial charge in [0.25, 0.3) is 0 Å². The van der Waals surface area contributed by atoms with E-state index in [0.717, 1.165) is 23.5 Å². The first-order valence-electron chi connectivity index (χ1n) is 7.87. The smallest absolute Gasteiger partial charge is 0.177 e. The Morgan fingerprint density at radius 3 is 2.67 bits per heavy atom.